The standard InChI is InChI=1S/C20H38N4OS.HI/c1-5-9-17(10-12-25)14-22-20(21-6-2)23-15-19(24(7-3)8-4)18-11-13-26-16-18;/h11,13,16-17,19,25H,5-10,12,14-15H2,1-4H3,(H2,21,22,23);1H. The van der Waals surface area contributed by atoms with E-state index in [4.69, 9.17) is 4.99 Å². The number of aliphatic hydroxyl groups is 1. The van der Waals surface area contributed by atoms with Crippen molar-refractivity contribution in [2.75, 3.05) is 39.3 Å². The van der Waals surface area contributed by atoms with E-state index in [2.05, 4.69) is 60.1 Å². The van der Waals surface area contributed by atoms with Gasteiger partial charge in [-0.15, -0.1) is 24.0 Å². The highest BCUT2D eigenvalue weighted by molar-refractivity contribution is 14.0. The summed E-state index contributed by atoms with van der Waals surface area (Å²) in [7, 11) is 0. The van der Waals surface area contributed by atoms with Gasteiger partial charge in [0.05, 0.1) is 6.04 Å². The maximum atomic E-state index is 9.24. The zero-order chi connectivity index (χ0) is 19.2. The quantitative estimate of drug-likeness (QED) is 0.213. The van der Waals surface area contributed by atoms with Crippen molar-refractivity contribution in [3.8, 4) is 0 Å². The van der Waals surface area contributed by atoms with Crippen LogP contribution in [-0.2, 0) is 0 Å². The molecule has 0 amide bonds. The van der Waals surface area contributed by atoms with E-state index in [1.165, 1.54) is 5.56 Å². The monoisotopic (exact) mass is 510 g/mol. The molecule has 2 unspecified atom stereocenters. The summed E-state index contributed by atoms with van der Waals surface area (Å²) in [6.07, 6.45) is 3.07. The highest BCUT2D eigenvalue weighted by atomic mass is 127. The summed E-state index contributed by atoms with van der Waals surface area (Å²) in [4.78, 5) is 7.26. The van der Waals surface area contributed by atoms with Crippen molar-refractivity contribution in [1.29, 1.82) is 0 Å². The molecule has 2 atom stereocenters. The maximum absolute atomic E-state index is 9.24. The lowest BCUT2D eigenvalue weighted by Gasteiger charge is -2.30. The first-order valence-electron chi connectivity index (χ1n) is 10.1. The Kier molecular flexibility index (Phi) is 16.3. The molecule has 0 aliphatic heterocycles. The zero-order valence-corrected chi connectivity index (χ0v) is 20.6. The molecule has 5 nitrogen and oxygen atoms in total. The van der Waals surface area contributed by atoms with E-state index in [1.807, 2.05) is 0 Å². The Balaban J connectivity index is 0.00000676. The lowest BCUT2D eigenvalue weighted by molar-refractivity contribution is 0.219. The Morgan fingerprint density at radius 1 is 1.19 bits per heavy atom. The number of nitrogens with one attached hydrogen (secondary N) is 2. The average molecular weight is 511 g/mol. The maximum Gasteiger partial charge on any atom is 0.191 e. The number of thiophene rings is 1. The van der Waals surface area contributed by atoms with Gasteiger partial charge in [-0.3, -0.25) is 9.89 Å². The fourth-order valence-electron chi connectivity index (χ4n) is 3.26. The van der Waals surface area contributed by atoms with Gasteiger partial charge in [-0.1, -0.05) is 27.2 Å². The van der Waals surface area contributed by atoms with E-state index in [9.17, 15) is 5.11 Å². The third kappa shape index (κ3) is 10.1. The summed E-state index contributed by atoms with van der Waals surface area (Å²) in [5, 5.41) is 20.5. The Bertz CT molecular complexity index is 474. The fraction of sp³-hybridized carbons (Fsp3) is 0.750. The Hall–Kier alpha value is -0.380. The summed E-state index contributed by atoms with van der Waals surface area (Å²) in [5.41, 5.74) is 1.37. The Morgan fingerprint density at radius 2 is 1.93 bits per heavy atom. The Labute approximate surface area is 187 Å². The topological polar surface area (TPSA) is 59.9 Å². The lowest BCUT2D eigenvalue weighted by atomic mass is 10.0. The molecular formula is C20H39IN4OS. The number of likely N-dealkylation sites (N-methyl/N-ethyl adjacent to an activating group) is 1. The first-order chi connectivity index (χ1) is 12.7. The van der Waals surface area contributed by atoms with Gasteiger partial charge < -0.3 is 15.7 Å². The van der Waals surface area contributed by atoms with Crippen LogP contribution in [0.2, 0.25) is 0 Å². The number of rotatable bonds is 13. The molecule has 0 bridgehead atoms. The van der Waals surface area contributed by atoms with Crippen LogP contribution in [0, 0.1) is 5.92 Å². The molecule has 0 spiro atoms. The van der Waals surface area contributed by atoms with Crippen LogP contribution in [0.4, 0.5) is 0 Å². The van der Waals surface area contributed by atoms with Gasteiger partial charge in [-0.25, -0.2) is 0 Å². The van der Waals surface area contributed by atoms with E-state index < -0.39 is 0 Å². The minimum Gasteiger partial charge on any atom is -0.396 e. The van der Waals surface area contributed by atoms with Crippen molar-refractivity contribution >= 4 is 41.3 Å². The first-order valence-corrected chi connectivity index (χ1v) is 11.0. The number of hydrogen-bond acceptors (Lipinski definition) is 4. The molecule has 1 rings (SSSR count). The number of guanidine groups is 1. The number of nitrogens with zero attached hydrogens (tertiary/aromatic N) is 2. The third-order valence-electron chi connectivity index (χ3n) is 4.73. The van der Waals surface area contributed by atoms with Gasteiger partial charge in [0.15, 0.2) is 5.96 Å². The number of halogens is 1. The van der Waals surface area contributed by atoms with E-state index >= 15 is 0 Å². The van der Waals surface area contributed by atoms with Gasteiger partial charge in [-0.05, 0) is 61.2 Å². The number of aliphatic hydroxyl groups excluding tert-OH is 1. The second-order valence-corrected chi connectivity index (χ2v) is 7.34. The minimum absolute atomic E-state index is 0. The molecule has 0 saturated heterocycles. The van der Waals surface area contributed by atoms with Crippen LogP contribution >= 0.6 is 35.3 Å². The van der Waals surface area contributed by atoms with Crippen LogP contribution in [0.5, 0.6) is 0 Å². The summed E-state index contributed by atoms with van der Waals surface area (Å²) in [6, 6.07) is 2.57. The van der Waals surface area contributed by atoms with Gasteiger partial charge in [0.25, 0.3) is 0 Å². The van der Waals surface area contributed by atoms with Crippen LogP contribution in [0.1, 0.15) is 58.6 Å². The van der Waals surface area contributed by atoms with Crippen LogP contribution in [0.3, 0.4) is 0 Å². The van der Waals surface area contributed by atoms with Crippen molar-refractivity contribution in [1.82, 2.24) is 15.5 Å². The van der Waals surface area contributed by atoms with Crippen molar-refractivity contribution in [2.45, 2.75) is 53.0 Å². The Morgan fingerprint density at radius 3 is 2.44 bits per heavy atom. The first kappa shape index (κ1) is 26.6. The third-order valence-corrected chi connectivity index (χ3v) is 5.43. The van der Waals surface area contributed by atoms with Crippen molar-refractivity contribution in [2.24, 2.45) is 10.9 Å². The molecule has 0 radical (unpaired) electrons. The molecule has 0 fully saturated rings. The van der Waals surface area contributed by atoms with E-state index in [-0.39, 0.29) is 30.6 Å². The van der Waals surface area contributed by atoms with Crippen molar-refractivity contribution < 1.29 is 5.11 Å². The minimum atomic E-state index is 0. The molecule has 0 aliphatic rings. The molecule has 158 valence electrons. The molecule has 1 aromatic rings. The van der Waals surface area contributed by atoms with E-state index in [0.29, 0.717) is 12.0 Å². The predicted molar refractivity (Wildman–Crippen MR) is 129 cm³/mol. The van der Waals surface area contributed by atoms with Gasteiger partial charge in [0, 0.05) is 26.2 Å². The molecule has 7 heteroatoms. The average Bonchev–Trinajstić information content (AvgIpc) is 3.17. The summed E-state index contributed by atoms with van der Waals surface area (Å²) in [5.74, 6) is 1.33. The van der Waals surface area contributed by atoms with Gasteiger partial charge in [-0.2, -0.15) is 11.3 Å². The van der Waals surface area contributed by atoms with Crippen LogP contribution in [0.25, 0.3) is 0 Å². The smallest absolute Gasteiger partial charge is 0.191 e. The predicted octanol–water partition coefficient (Wildman–Crippen LogP) is 4.10. The molecule has 3 N–H and O–H groups in total. The lowest BCUT2D eigenvalue weighted by Crippen LogP contribution is -2.43. The largest absolute Gasteiger partial charge is 0.396 e. The SMILES string of the molecule is CCCC(CCO)CN=C(NCC)NCC(c1ccsc1)N(CC)CC.I. The number of aliphatic imine (C=N–C) groups is 1. The normalized spacial score (nSPS) is 13.9. The molecular weight excluding hydrogens is 471 g/mol. The summed E-state index contributed by atoms with van der Waals surface area (Å²) in [6.45, 7) is 13.5. The van der Waals surface area contributed by atoms with Crippen LogP contribution < -0.4 is 10.6 Å². The highest BCUT2D eigenvalue weighted by Gasteiger charge is 2.18. The van der Waals surface area contributed by atoms with Crippen molar-refractivity contribution in [3.05, 3.63) is 22.4 Å². The molecule has 1 aromatic heterocycles. The fourth-order valence-corrected chi connectivity index (χ4v) is 3.97. The summed E-state index contributed by atoms with van der Waals surface area (Å²) >= 11 is 1.75. The molecule has 27 heavy (non-hydrogen) atoms. The van der Waals surface area contributed by atoms with Gasteiger partial charge >= 0.3 is 0 Å². The second-order valence-electron chi connectivity index (χ2n) is 6.56. The second kappa shape index (κ2) is 16.6. The highest BCUT2D eigenvalue weighted by Crippen LogP contribution is 2.22. The molecule has 1 heterocycles. The van der Waals surface area contributed by atoms with Gasteiger partial charge in [0.1, 0.15) is 0 Å². The molecule has 0 saturated carbocycles. The molecule has 0 aromatic carbocycles. The van der Waals surface area contributed by atoms with Crippen molar-refractivity contribution in [3.63, 3.8) is 0 Å². The van der Waals surface area contributed by atoms with E-state index in [1.54, 1.807) is 11.3 Å². The van der Waals surface area contributed by atoms with E-state index in [0.717, 1.165) is 57.9 Å². The number of hydrogen-bond donors (Lipinski definition) is 3. The molecule has 0 aliphatic carbocycles. The summed E-state index contributed by atoms with van der Waals surface area (Å²) < 4.78 is 0. The van der Waals surface area contributed by atoms with Crippen LogP contribution in [-0.4, -0.2) is 55.3 Å². The van der Waals surface area contributed by atoms with Gasteiger partial charge in [0.2, 0.25) is 0 Å². The zero-order valence-electron chi connectivity index (χ0n) is 17.4. The van der Waals surface area contributed by atoms with Crippen LogP contribution in [0.15, 0.2) is 21.8 Å².